The smallest absolute Gasteiger partial charge is 0.0801 e. The second-order valence-corrected chi connectivity index (χ2v) is 5.26. The van der Waals surface area contributed by atoms with Crippen molar-refractivity contribution in [3.63, 3.8) is 0 Å². The van der Waals surface area contributed by atoms with E-state index in [-0.39, 0.29) is 0 Å². The lowest BCUT2D eigenvalue weighted by atomic mass is 10.1. The van der Waals surface area contributed by atoms with E-state index in [0.29, 0.717) is 0 Å². The SMILES string of the molecule is CNCCc1ncsc1-c1cccc(Br)c1. The molecule has 0 saturated heterocycles. The van der Waals surface area contributed by atoms with Gasteiger partial charge in [-0.25, -0.2) is 4.98 Å². The highest BCUT2D eigenvalue weighted by Crippen LogP contribution is 2.29. The van der Waals surface area contributed by atoms with Gasteiger partial charge in [-0.1, -0.05) is 28.1 Å². The molecule has 0 radical (unpaired) electrons. The Bertz CT molecular complexity index is 468. The molecule has 1 heterocycles. The fourth-order valence-electron chi connectivity index (χ4n) is 1.56. The summed E-state index contributed by atoms with van der Waals surface area (Å²) in [6.07, 6.45) is 0.974. The maximum Gasteiger partial charge on any atom is 0.0801 e. The molecule has 1 N–H and O–H groups in total. The highest BCUT2D eigenvalue weighted by molar-refractivity contribution is 9.10. The summed E-state index contributed by atoms with van der Waals surface area (Å²) in [7, 11) is 1.96. The number of benzene rings is 1. The molecule has 0 saturated carbocycles. The van der Waals surface area contributed by atoms with Crippen LogP contribution in [0.4, 0.5) is 0 Å². The molecule has 0 amide bonds. The average Bonchev–Trinajstić information content (AvgIpc) is 2.74. The summed E-state index contributed by atoms with van der Waals surface area (Å²) in [6.45, 7) is 0.963. The standard InChI is InChI=1S/C12H13BrN2S/c1-14-6-5-11-12(16-8-15-11)9-3-2-4-10(13)7-9/h2-4,7-8,14H,5-6H2,1H3. The van der Waals surface area contributed by atoms with Crippen molar-refractivity contribution in [1.29, 1.82) is 0 Å². The highest BCUT2D eigenvalue weighted by Gasteiger charge is 2.08. The fourth-order valence-corrected chi connectivity index (χ4v) is 2.79. The van der Waals surface area contributed by atoms with E-state index >= 15 is 0 Å². The molecule has 16 heavy (non-hydrogen) atoms. The van der Waals surface area contributed by atoms with Crippen LogP contribution in [0.3, 0.4) is 0 Å². The van der Waals surface area contributed by atoms with Crippen molar-refractivity contribution in [3.05, 3.63) is 39.9 Å². The van der Waals surface area contributed by atoms with Gasteiger partial charge < -0.3 is 5.32 Å². The average molecular weight is 297 g/mol. The summed E-state index contributed by atoms with van der Waals surface area (Å²) >= 11 is 5.20. The number of halogens is 1. The van der Waals surface area contributed by atoms with Crippen LogP contribution in [0.2, 0.25) is 0 Å². The van der Waals surface area contributed by atoms with E-state index in [4.69, 9.17) is 0 Å². The monoisotopic (exact) mass is 296 g/mol. The number of rotatable bonds is 4. The predicted molar refractivity (Wildman–Crippen MR) is 72.9 cm³/mol. The lowest BCUT2D eigenvalue weighted by Gasteiger charge is -2.03. The summed E-state index contributed by atoms with van der Waals surface area (Å²) in [5.41, 5.74) is 4.33. The highest BCUT2D eigenvalue weighted by atomic mass is 79.9. The zero-order valence-corrected chi connectivity index (χ0v) is 11.4. The van der Waals surface area contributed by atoms with E-state index in [1.165, 1.54) is 16.1 Å². The maximum atomic E-state index is 4.42. The Labute approximate surface area is 108 Å². The first-order valence-corrected chi connectivity index (χ1v) is 6.81. The van der Waals surface area contributed by atoms with Gasteiger partial charge in [0.15, 0.2) is 0 Å². The molecule has 2 rings (SSSR count). The second-order valence-electron chi connectivity index (χ2n) is 3.49. The van der Waals surface area contributed by atoms with Crippen LogP contribution in [-0.2, 0) is 6.42 Å². The Morgan fingerprint density at radius 2 is 2.31 bits per heavy atom. The summed E-state index contributed by atoms with van der Waals surface area (Å²) in [4.78, 5) is 5.70. The van der Waals surface area contributed by atoms with Crippen molar-refractivity contribution in [2.45, 2.75) is 6.42 Å². The molecule has 0 bridgehead atoms. The van der Waals surface area contributed by atoms with Crippen LogP contribution < -0.4 is 5.32 Å². The Morgan fingerprint density at radius 3 is 3.06 bits per heavy atom. The summed E-state index contributed by atoms with van der Waals surface area (Å²) in [5.74, 6) is 0. The van der Waals surface area contributed by atoms with Gasteiger partial charge in [-0.2, -0.15) is 0 Å². The maximum absolute atomic E-state index is 4.42. The van der Waals surface area contributed by atoms with Crippen molar-refractivity contribution >= 4 is 27.3 Å². The molecular weight excluding hydrogens is 284 g/mol. The van der Waals surface area contributed by atoms with E-state index in [2.05, 4.69) is 44.4 Å². The number of hydrogen-bond acceptors (Lipinski definition) is 3. The molecule has 2 aromatic rings. The van der Waals surface area contributed by atoms with Crippen molar-refractivity contribution in [2.75, 3.05) is 13.6 Å². The molecule has 0 aliphatic rings. The van der Waals surface area contributed by atoms with Gasteiger partial charge in [-0.05, 0) is 24.7 Å². The van der Waals surface area contributed by atoms with E-state index in [0.717, 1.165) is 17.4 Å². The lowest BCUT2D eigenvalue weighted by molar-refractivity contribution is 0.781. The third-order valence-corrected chi connectivity index (χ3v) is 3.75. The predicted octanol–water partition coefficient (Wildman–Crippen LogP) is 3.33. The van der Waals surface area contributed by atoms with Crippen LogP contribution in [0.15, 0.2) is 34.2 Å². The number of nitrogens with one attached hydrogen (secondary N) is 1. The quantitative estimate of drug-likeness (QED) is 0.936. The molecular formula is C12H13BrN2S. The minimum Gasteiger partial charge on any atom is -0.319 e. The molecule has 1 aromatic heterocycles. The summed E-state index contributed by atoms with van der Waals surface area (Å²) < 4.78 is 1.11. The van der Waals surface area contributed by atoms with Gasteiger partial charge in [0.2, 0.25) is 0 Å². The van der Waals surface area contributed by atoms with Gasteiger partial charge in [-0.15, -0.1) is 11.3 Å². The van der Waals surface area contributed by atoms with Crippen LogP contribution in [-0.4, -0.2) is 18.6 Å². The molecule has 4 heteroatoms. The van der Waals surface area contributed by atoms with E-state index in [1.807, 2.05) is 18.6 Å². The fraction of sp³-hybridized carbons (Fsp3) is 0.250. The number of likely N-dealkylation sites (N-methyl/N-ethyl adjacent to an activating group) is 1. The van der Waals surface area contributed by atoms with Crippen molar-refractivity contribution in [2.24, 2.45) is 0 Å². The van der Waals surface area contributed by atoms with Crippen molar-refractivity contribution in [3.8, 4) is 10.4 Å². The van der Waals surface area contributed by atoms with Gasteiger partial charge in [0.25, 0.3) is 0 Å². The largest absolute Gasteiger partial charge is 0.319 e. The Hall–Kier alpha value is -0.710. The zero-order chi connectivity index (χ0) is 11.4. The molecule has 2 nitrogen and oxygen atoms in total. The van der Waals surface area contributed by atoms with E-state index in [9.17, 15) is 0 Å². The van der Waals surface area contributed by atoms with Gasteiger partial charge in [0.1, 0.15) is 0 Å². The molecule has 84 valence electrons. The first-order chi connectivity index (χ1) is 7.81. The van der Waals surface area contributed by atoms with Crippen molar-refractivity contribution < 1.29 is 0 Å². The number of aromatic nitrogens is 1. The molecule has 0 aliphatic heterocycles. The minimum absolute atomic E-state index is 0.963. The molecule has 0 fully saturated rings. The molecule has 0 aliphatic carbocycles. The lowest BCUT2D eigenvalue weighted by Crippen LogP contribution is -2.10. The van der Waals surface area contributed by atoms with Crippen molar-refractivity contribution in [1.82, 2.24) is 10.3 Å². The van der Waals surface area contributed by atoms with Gasteiger partial charge in [0, 0.05) is 17.4 Å². The van der Waals surface area contributed by atoms with E-state index in [1.54, 1.807) is 11.3 Å². The van der Waals surface area contributed by atoms with Gasteiger partial charge in [0.05, 0.1) is 16.1 Å². The zero-order valence-electron chi connectivity index (χ0n) is 9.03. The van der Waals surface area contributed by atoms with Crippen LogP contribution in [0.5, 0.6) is 0 Å². The normalized spacial score (nSPS) is 10.6. The Morgan fingerprint density at radius 1 is 1.44 bits per heavy atom. The van der Waals surface area contributed by atoms with Crippen LogP contribution in [0.1, 0.15) is 5.69 Å². The summed E-state index contributed by atoms with van der Waals surface area (Å²) in [5, 5.41) is 3.15. The third kappa shape index (κ3) is 2.70. The first-order valence-electron chi connectivity index (χ1n) is 5.14. The number of hydrogen-bond donors (Lipinski definition) is 1. The van der Waals surface area contributed by atoms with E-state index < -0.39 is 0 Å². The molecule has 0 unspecified atom stereocenters. The topological polar surface area (TPSA) is 24.9 Å². The number of thiazole rings is 1. The second kappa shape index (κ2) is 5.57. The Balaban J connectivity index is 2.29. The number of nitrogens with zero attached hydrogens (tertiary/aromatic N) is 1. The molecule has 1 aromatic carbocycles. The van der Waals surface area contributed by atoms with Crippen LogP contribution >= 0.6 is 27.3 Å². The van der Waals surface area contributed by atoms with Gasteiger partial charge >= 0.3 is 0 Å². The third-order valence-electron chi connectivity index (χ3n) is 2.34. The minimum atomic E-state index is 0.963. The van der Waals surface area contributed by atoms with Crippen LogP contribution in [0, 0.1) is 0 Å². The summed E-state index contributed by atoms with van der Waals surface area (Å²) in [6, 6.07) is 8.36. The van der Waals surface area contributed by atoms with Gasteiger partial charge in [-0.3, -0.25) is 0 Å². The molecule has 0 spiro atoms. The van der Waals surface area contributed by atoms with Crippen LogP contribution in [0.25, 0.3) is 10.4 Å². The Kier molecular flexibility index (Phi) is 4.09. The molecule has 0 atom stereocenters. The first kappa shape index (κ1) is 11.8.